The molecule has 1 aromatic carbocycles. The van der Waals surface area contributed by atoms with E-state index in [-0.39, 0.29) is 36.5 Å². The number of imide groups is 1. The fraction of sp³-hybridized carbons (Fsp3) is 0.500. The van der Waals surface area contributed by atoms with Gasteiger partial charge in [0.2, 0.25) is 17.8 Å². The first kappa shape index (κ1) is 26.7. The first-order valence-corrected chi connectivity index (χ1v) is 13.3. The fourth-order valence-corrected chi connectivity index (χ4v) is 5.29. The van der Waals surface area contributed by atoms with Gasteiger partial charge >= 0.3 is 6.09 Å². The summed E-state index contributed by atoms with van der Waals surface area (Å²) in [4.78, 5) is 50.3. The molecule has 0 bridgehead atoms. The van der Waals surface area contributed by atoms with Gasteiger partial charge in [-0.1, -0.05) is 30.3 Å². The normalized spacial score (nSPS) is 22.1. The van der Waals surface area contributed by atoms with Crippen molar-refractivity contribution >= 4 is 30.1 Å². The van der Waals surface area contributed by atoms with Gasteiger partial charge in [0.1, 0.15) is 5.60 Å². The number of nitrogens with zero attached hydrogens (tertiary/aromatic N) is 6. The average molecular weight is 537 g/mol. The number of carbonyl (C=O) groups is 3. The highest BCUT2D eigenvalue weighted by Gasteiger charge is 2.41. The summed E-state index contributed by atoms with van der Waals surface area (Å²) in [6, 6.07) is 9.79. The minimum atomic E-state index is -0.888. The Morgan fingerprint density at radius 2 is 1.77 bits per heavy atom. The van der Waals surface area contributed by atoms with Crippen LogP contribution in [0.4, 0.5) is 15.1 Å². The third-order valence-corrected chi connectivity index (χ3v) is 7.28. The van der Waals surface area contributed by atoms with Crippen molar-refractivity contribution < 1.29 is 23.5 Å². The summed E-state index contributed by atoms with van der Waals surface area (Å²) in [7, 11) is 0. The number of halogens is 1. The second-order valence-corrected chi connectivity index (χ2v) is 11.1. The van der Waals surface area contributed by atoms with Crippen LogP contribution in [0.5, 0.6) is 0 Å². The van der Waals surface area contributed by atoms with E-state index < -0.39 is 29.3 Å². The van der Waals surface area contributed by atoms with Crippen LogP contribution in [0.15, 0.2) is 41.6 Å². The molecule has 0 N–H and O–H groups in total. The van der Waals surface area contributed by atoms with Crippen molar-refractivity contribution in [2.45, 2.75) is 64.0 Å². The average Bonchev–Trinajstić information content (AvgIpc) is 3.55. The van der Waals surface area contributed by atoms with Crippen LogP contribution in [0.3, 0.4) is 0 Å². The van der Waals surface area contributed by atoms with Crippen LogP contribution >= 0.6 is 0 Å². The Balaban J connectivity index is 1.23. The van der Waals surface area contributed by atoms with Crippen LogP contribution in [0.2, 0.25) is 0 Å². The van der Waals surface area contributed by atoms with E-state index in [0.717, 1.165) is 16.7 Å². The molecule has 2 saturated heterocycles. The quantitative estimate of drug-likeness (QED) is 0.580. The van der Waals surface area contributed by atoms with Crippen LogP contribution in [-0.2, 0) is 14.3 Å². The van der Waals surface area contributed by atoms with Gasteiger partial charge < -0.3 is 9.64 Å². The second kappa shape index (κ2) is 10.7. The second-order valence-electron chi connectivity index (χ2n) is 11.1. The van der Waals surface area contributed by atoms with Gasteiger partial charge in [0.25, 0.3) is 0 Å². The van der Waals surface area contributed by atoms with Gasteiger partial charge in [0, 0.05) is 38.2 Å². The Kier molecular flexibility index (Phi) is 7.33. The van der Waals surface area contributed by atoms with Crippen molar-refractivity contribution in [1.29, 1.82) is 0 Å². The maximum atomic E-state index is 14.8. The lowest BCUT2D eigenvalue weighted by Crippen LogP contribution is -2.42. The number of hydrogen-bond acceptors (Lipinski definition) is 8. The summed E-state index contributed by atoms with van der Waals surface area (Å²) in [5.74, 6) is -2.00. The van der Waals surface area contributed by atoms with Crippen LogP contribution in [-0.4, -0.2) is 69.2 Å². The number of anilines is 1. The molecule has 3 aliphatic heterocycles. The summed E-state index contributed by atoms with van der Waals surface area (Å²) >= 11 is 0. The van der Waals surface area contributed by atoms with E-state index in [1.807, 2.05) is 35.2 Å². The first-order valence-electron chi connectivity index (χ1n) is 13.3. The summed E-state index contributed by atoms with van der Waals surface area (Å²) in [5.41, 5.74) is 0.283. The van der Waals surface area contributed by atoms with E-state index in [1.54, 1.807) is 32.0 Å². The summed E-state index contributed by atoms with van der Waals surface area (Å²) < 4.78 is 20.1. The smallest absolute Gasteiger partial charge is 0.417 e. The van der Waals surface area contributed by atoms with Gasteiger partial charge in [-0.15, -0.1) is 0 Å². The number of likely N-dealkylation sites (tertiary alicyclic amines) is 1. The third kappa shape index (κ3) is 5.62. The molecule has 3 amide bonds. The molecule has 2 aromatic rings. The SMILES string of the molecule is CC(C)(C)OC(=O)N1CCC(c2nc(N3CCC(C(=O)N4N=CCC4c4ccccc4)CC3)ncc2F)C1=O. The highest BCUT2D eigenvalue weighted by atomic mass is 19.1. The number of piperidine rings is 1. The van der Waals surface area contributed by atoms with Crippen molar-refractivity contribution in [3.8, 4) is 0 Å². The maximum Gasteiger partial charge on any atom is 0.417 e. The number of rotatable bonds is 4. The van der Waals surface area contributed by atoms with Crippen LogP contribution in [0.1, 0.15) is 69.7 Å². The van der Waals surface area contributed by atoms with E-state index in [4.69, 9.17) is 4.74 Å². The molecule has 0 saturated carbocycles. The van der Waals surface area contributed by atoms with Gasteiger partial charge in [-0.2, -0.15) is 5.10 Å². The first-order chi connectivity index (χ1) is 18.6. The number of amides is 3. The van der Waals surface area contributed by atoms with E-state index in [1.165, 1.54) is 0 Å². The molecule has 3 aliphatic rings. The van der Waals surface area contributed by atoms with Gasteiger partial charge in [0.05, 0.1) is 23.9 Å². The fourth-order valence-electron chi connectivity index (χ4n) is 5.29. The molecule has 4 heterocycles. The van der Waals surface area contributed by atoms with E-state index in [0.29, 0.717) is 38.3 Å². The molecule has 10 nitrogen and oxygen atoms in total. The molecular formula is C28H33FN6O4. The number of carbonyl (C=O) groups excluding carboxylic acids is 3. The van der Waals surface area contributed by atoms with Crippen LogP contribution < -0.4 is 4.90 Å². The molecule has 206 valence electrons. The Morgan fingerprint density at radius 1 is 1.05 bits per heavy atom. The van der Waals surface area contributed by atoms with Gasteiger partial charge in [-0.05, 0) is 45.6 Å². The zero-order valence-corrected chi connectivity index (χ0v) is 22.4. The zero-order valence-electron chi connectivity index (χ0n) is 22.4. The van der Waals surface area contributed by atoms with Crippen molar-refractivity contribution in [1.82, 2.24) is 19.9 Å². The number of ether oxygens (including phenoxy) is 1. The highest BCUT2D eigenvalue weighted by Crippen LogP contribution is 2.34. The predicted molar refractivity (Wildman–Crippen MR) is 141 cm³/mol. The number of hydrogen-bond donors (Lipinski definition) is 0. The largest absolute Gasteiger partial charge is 0.443 e. The molecule has 39 heavy (non-hydrogen) atoms. The molecule has 0 radical (unpaired) electrons. The lowest BCUT2D eigenvalue weighted by atomic mass is 9.94. The molecule has 1 aromatic heterocycles. The molecule has 2 atom stereocenters. The van der Waals surface area contributed by atoms with Crippen molar-refractivity contribution in [2.75, 3.05) is 24.5 Å². The topological polar surface area (TPSA) is 108 Å². The Hall–Kier alpha value is -3.89. The number of hydrazone groups is 1. The molecular weight excluding hydrogens is 503 g/mol. The highest BCUT2D eigenvalue weighted by molar-refractivity contribution is 5.97. The number of aromatic nitrogens is 2. The maximum absolute atomic E-state index is 14.8. The Bertz CT molecular complexity index is 1270. The molecule has 0 spiro atoms. The predicted octanol–water partition coefficient (Wildman–Crippen LogP) is 4.04. The lowest BCUT2D eigenvalue weighted by molar-refractivity contribution is -0.138. The number of benzene rings is 1. The van der Waals surface area contributed by atoms with Gasteiger partial charge in [0.15, 0.2) is 5.82 Å². The summed E-state index contributed by atoms with van der Waals surface area (Å²) in [6.07, 6.45) is 4.21. The van der Waals surface area contributed by atoms with Gasteiger partial charge in [-0.3, -0.25) is 9.59 Å². The van der Waals surface area contributed by atoms with Crippen molar-refractivity contribution in [2.24, 2.45) is 11.0 Å². The van der Waals surface area contributed by atoms with Gasteiger partial charge in [-0.25, -0.2) is 29.1 Å². The minimum Gasteiger partial charge on any atom is -0.443 e. The summed E-state index contributed by atoms with van der Waals surface area (Å²) in [5, 5.41) is 5.97. The van der Waals surface area contributed by atoms with Crippen molar-refractivity contribution in [3.05, 3.63) is 53.6 Å². The molecule has 5 rings (SSSR count). The molecule has 11 heteroatoms. The summed E-state index contributed by atoms with van der Waals surface area (Å²) in [6.45, 7) is 6.31. The van der Waals surface area contributed by atoms with Crippen LogP contribution in [0.25, 0.3) is 0 Å². The third-order valence-electron chi connectivity index (χ3n) is 7.28. The zero-order chi connectivity index (χ0) is 27.7. The molecule has 2 fully saturated rings. The standard InChI is InChI=1S/C28H33FN6O4/c1-28(2,3)39-27(38)34-16-12-20(25(34)37)23-21(29)17-30-26(32-23)33-14-10-19(11-15-33)24(36)35-22(9-13-31-35)18-7-5-4-6-8-18/h4-8,13,17,19-20,22H,9-12,14-16H2,1-3H3. The Morgan fingerprint density at radius 3 is 2.46 bits per heavy atom. The van der Waals surface area contributed by atoms with Crippen LogP contribution in [0, 0.1) is 11.7 Å². The van der Waals surface area contributed by atoms with E-state index in [2.05, 4.69) is 15.1 Å². The van der Waals surface area contributed by atoms with E-state index >= 15 is 0 Å². The Labute approximate surface area is 226 Å². The molecule has 0 aliphatic carbocycles. The lowest BCUT2D eigenvalue weighted by Gasteiger charge is -2.34. The minimum absolute atomic E-state index is 0.00301. The van der Waals surface area contributed by atoms with Crippen molar-refractivity contribution in [3.63, 3.8) is 0 Å². The molecule has 2 unspecified atom stereocenters. The monoisotopic (exact) mass is 536 g/mol. The van der Waals surface area contributed by atoms with E-state index in [9.17, 15) is 18.8 Å².